The van der Waals surface area contributed by atoms with Gasteiger partial charge in [-0.3, -0.25) is 4.99 Å². The lowest BCUT2D eigenvalue weighted by Gasteiger charge is -2.21. The number of aliphatic imine (C=N–C) groups is 1. The predicted molar refractivity (Wildman–Crippen MR) is 103 cm³/mol. The monoisotopic (exact) mass is 364 g/mol. The first-order valence-electron chi connectivity index (χ1n) is 9.50. The normalized spacial score (nSPS) is 15.7. The molecule has 0 unspecified atom stereocenters. The molecule has 1 aliphatic rings. The van der Waals surface area contributed by atoms with Gasteiger partial charge in [-0.25, -0.2) is 4.98 Å². The molecule has 1 saturated heterocycles. The van der Waals surface area contributed by atoms with E-state index in [1.54, 1.807) is 13.2 Å². The van der Waals surface area contributed by atoms with E-state index in [1.807, 2.05) is 19.1 Å². The molecule has 0 bridgehead atoms. The van der Waals surface area contributed by atoms with Gasteiger partial charge in [0.15, 0.2) is 5.96 Å². The van der Waals surface area contributed by atoms with E-state index in [0.29, 0.717) is 24.9 Å². The fraction of sp³-hybridized carbons (Fsp3) is 0.684. The summed E-state index contributed by atoms with van der Waals surface area (Å²) in [4.78, 5) is 8.51. The Morgan fingerprint density at radius 3 is 2.96 bits per heavy atom. The molecule has 0 aromatic carbocycles. The maximum atomic E-state index is 5.78. The molecule has 0 saturated carbocycles. The standard InChI is InChI=1S/C19H32N4O3/c1-3-26-18-17(6-4-9-21-18)14-23-19(20-2)22-10-5-11-25-15-16-7-12-24-13-8-16/h4,6,9,16H,3,5,7-8,10-15H2,1-2H3,(H2,20,22,23). The number of aromatic nitrogens is 1. The van der Waals surface area contributed by atoms with E-state index >= 15 is 0 Å². The fourth-order valence-corrected chi connectivity index (χ4v) is 2.77. The van der Waals surface area contributed by atoms with Gasteiger partial charge in [0.25, 0.3) is 0 Å². The van der Waals surface area contributed by atoms with Crippen LogP contribution in [-0.2, 0) is 16.0 Å². The Morgan fingerprint density at radius 1 is 1.35 bits per heavy atom. The van der Waals surface area contributed by atoms with Gasteiger partial charge in [-0.2, -0.15) is 0 Å². The second kappa shape index (κ2) is 12.5. The summed E-state index contributed by atoms with van der Waals surface area (Å²) in [5, 5.41) is 6.60. The van der Waals surface area contributed by atoms with Crippen molar-refractivity contribution in [2.24, 2.45) is 10.9 Å². The second-order valence-corrected chi connectivity index (χ2v) is 6.24. The van der Waals surface area contributed by atoms with Gasteiger partial charge in [0.05, 0.1) is 6.61 Å². The molecule has 146 valence electrons. The minimum Gasteiger partial charge on any atom is -0.478 e. The van der Waals surface area contributed by atoms with Crippen LogP contribution in [0.25, 0.3) is 0 Å². The topological polar surface area (TPSA) is 77.0 Å². The van der Waals surface area contributed by atoms with Crippen LogP contribution in [0.1, 0.15) is 31.7 Å². The van der Waals surface area contributed by atoms with E-state index < -0.39 is 0 Å². The fourth-order valence-electron chi connectivity index (χ4n) is 2.77. The summed E-state index contributed by atoms with van der Waals surface area (Å²) in [6.07, 6.45) is 4.92. The summed E-state index contributed by atoms with van der Waals surface area (Å²) in [6.45, 7) is 7.35. The molecule has 1 aromatic heterocycles. The molecule has 1 fully saturated rings. The zero-order valence-corrected chi connectivity index (χ0v) is 16.0. The number of ether oxygens (including phenoxy) is 3. The summed E-state index contributed by atoms with van der Waals surface area (Å²) >= 11 is 0. The average Bonchev–Trinajstić information content (AvgIpc) is 2.69. The Labute approximate surface area is 156 Å². The Kier molecular flexibility index (Phi) is 9.82. The van der Waals surface area contributed by atoms with E-state index in [1.165, 1.54) is 0 Å². The largest absolute Gasteiger partial charge is 0.478 e. The van der Waals surface area contributed by atoms with Gasteiger partial charge in [-0.1, -0.05) is 6.07 Å². The molecular formula is C19H32N4O3. The predicted octanol–water partition coefficient (Wildman–Crippen LogP) is 1.98. The van der Waals surface area contributed by atoms with Gasteiger partial charge >= 0.3 is 0 Å². The molecule has 26 heavy (non-hydrogen) atoms. The number of guanidine groups is 1. The number of hydrogen-bond acceptors (Lipinski definition) is 5. The third kappa shape index (κ3) is 7.58. The minimum absolute atomic E-state index is 0.602. The van der Waals surface area contributed by atoms with Crippen molar-refractivity contribution in [2.75, 3.05) is 46.6 Å². The lowest BCUT2D eigenvalue weighted by Crippen LogP contribution is -2.37. The molecule has 2 N–H and O–H groups in total. The zero-order chi connectivity index (χ0) is 18.5. The third-order valence-electron chi connectivity index (χ3n) is 4.25. The van der Waals surface area contributed by atoms with E-state index in [2.05, 4.69) is 20.6 Å². The van der Waals surface area contributed by atoms with Crippen LogP contribution < -0.4 is 15.4 Å². The second-order valence-electron chi connectivity index (χ2n) is 6.24. The smallest absolute Gasteiger partial charge is 0.218 e. The molecule has 7 heteroatoms. The molecule has 2 rings (SSSR count). The molecule has 1 aliphatic heterocycles. The maximum Gasteiger partial charge on any atom is 0.218 e. The number of nitrogens with one attached hydrogen (secondary N) is 2. The van der Waals surface area contributed by atoms with Crippen LogP contribution in [0.4, 0.5) is 0 Å². The van der Waals surface area contributed by atoms with Crippen molar-refractivity contribution in [2.45, 2.75) is 32.7 Å². The molecule has 7 nitrogen and oxygen atoms in total. The van der Waals surface area contributed by atoms with Gasteiger partial charge in [0.1, 0.15) is 0 Å². The highest BCUT2D eigenvalue weighted by atomic mass is 16.5. The summed E-state index contributed by atoms with van der Waals surface area (Å²) in [7, 11) is 1.77. The van der Waals surface area contributed by atoms with Crippen molar-refractivity contribution in [3.8, 4) is 5.88 Å². The number of nitrogens with zero attached hydrogens (tertiary/aromatic N) is 2. The van der Waals surface area contributed by atoms with Crippen molar-refractivity contribution in [3.05, 3.63) is 23.9 Å². The number of rotatable bonds is 10. The van der Waals surface area contributed by atoms with E-state index in [4.69, 9.17) is 14.2 Å². The number of pyridine rings is 1. The highest BCUT2D eigenvalue weighted by molar-refractivity contribution is 5.79. The SMILES string of the molecule is CCOc1ncccc1CNC(=NC)NCCCOCC1CCOCC1. The zero-order valence-electron chi connectivity index (χ0n) is 16.0. The quantitative estimate of drug-likeness (QED) is 0.376. The van der Waals surface area contributed by atoms with Crippen molar-refractivity contribution in [1.29, 1.82) is 0 Å². The van der Waals surface area contributed by atoms with Crippen LogP contribution in [0.2, 0.25) is 0 Å². The van der Waals surface area contributed by atoms with Crippen LogP contribution in [0.3, 0.4) is 0 Å². The summed E-state index contributed by atoms with van der Waals surface area (Å²) in [6, 6.07) is 3.91. The Hall–Kier alpha value is -1.86. The molecule has 0 amide bonds. The lowest BCUT2D eigenvalue weighted by atomic mass is 10.0. The van der Waals surface area contributed by atoms with Crippen molar-refractivity contribution in [1.82, 2.24) is 15.6 Å². The van der Waals surface area contributed by atoms with Crippen LogP contribution in [0.15, 0.2) is 23.3 Å². The minimum atomic E-state index is 0.602. The van der Waals surface area contributed by atoms with E-state index in [9.17, 15) is 0 Å². The van der Waals surface area contributed by atoms with Gasteiger partial charge in [-0.15, -0.1) is 0 Å². The molecule has 0 aliphatic carbocycles. The Bertz CT molecular complexity index is 533. The summed E-state index contributed by atoms with van der Waals surface area (Å²) in [5.41, 5.74) is 1.01. The van der Waals surface area contributed by atoms with Gasteiger partial charge < -0.3 is 24.8 Å². The third-order valence-corrected chi connectivity index (χ3v) is 4.25. The first-order valence-corrected chi connectivity index (χ1v) is 9.50. The molecule has 2 heterocycles. The van der Waals surface area contributed by atoms with E-state index in [-0.39, 0.29) is 0 Å². The van der Waals surface area contributed by atoms with Gasteiger partial charge in [0.2, 0.25) is 5.88 Å². The molecule has 1 aromatic rings. The maximum absolute atomic E-state index is 5.78. The van der Waals surface area contributed by atoms with Crippen LogP contribution >= 0.6 is 0 Å². The Balaban J connectivity index is 1.59. The van der Waals surface area contributed by atoms with Gasteiger partial charge in [-0.05, 0) is 38.2 Å². The average molecular weight is 364 g/mol. The highest BCUT2D eigenvalue weighted by Gasteiger charge is 2.13. The molecule has 0 radical (unpaired) electrons. The van der Waals surface area contributed by atoms with Crippen LogP contribution in [0, 0.1) is 5.92 Å². The first kappa shape index (κ1) is 20.5. The van der Waals surface area contributed by atoms with Crippen LogP contribution in [-0.4, -0.2) is 57.6 Å². The van der Waals surface area contributed by atoms with Crippen molar-refractivity contribution in [3.63, 3.8) is 0 Å². The van der Waals surface area contributed by atoms with E-state index in [0.717, 1.165) is 63.8 Å². The Morgan fingerprint density at radius 2 is 2.19 bits per heavy atom. The highest BCUT2D eigenvalue weighted by Crippen LogP contribution is 2.15. The number of hydrogen-bond donors (Lipinski definition) is 2. The van der Waals surface area contributed by atoms with Crippen molar-refractivity contribution < 1.29 is 14.2 Å². The van der Waals surface area contributed by atoms with Crippen LogP contribution in [0.5, 0.6) is 5.88 Å². The molecule has 0 atom stereocenters. The lowest BCUT2D eigenvalue weighted by molar-refractivity contribution is 0.0203. The molecule has 0 spiro atoms. The summed E-state index contributed by atoms with van der Waals surface area (Å²) in [5.74, 6) is 2.09. The summed E-state index contributed by atoms with van der Waals surface area (Å²) < 4.78 is 16.7. The van der Waals surface area contributed by atoms with Gasteiger partial charge in [0, 0.05) is 58.3 Å². The van der Waals surface area contributed by atoms with Crippen molar-refractivity contribution >= 4 is 5.96 Å². The first-order chi connectivity index (χ1) is 12.8. The molecular weight excluding hydrogens is 332 g/mol.